The highest BCUT2D eigenvalue weighted by atomic mass is 32.2. The molecule has 6 nitrogen and oxygen atoms in total. The molecular formula is C19H20F3N3O3S. The van der Waals surface area contributed by atoms with Gasteiger partial charge in [0.05, 0.1) is 21.8 Å². The van der Waals surface area contributed by atoms with Crippen LogP contribution in [0.1, 0.15) is 25.3 Å². The first-order valence-corrected chi connectivity index (χ1v) is 10.4. The summed E-state index contributed by atoms with van der Waals surface area (Å²) in [6, 6.07) is 8.43. The third-order valence-electron chi connectivity index (χ3n) is 4.50. The number of hydrogen-bond donors (Lipinski definition) is 2. The monoisotopic (exact) mass is 427 g/mol. The molecule has 2 N–H and O–H groups in total. The van der Waals surface area contributed by atoms with E-state index in [1.165, 1.54) is 37.3 Å². The topological polar surface area (TPSA) is 78.5 Å². The minimum atomic E-state index is -4.59. The van der Waals surface area contributed by atoms with Crippen molar-refractivity contribution in [2.75, 3.05) is 28.0 Å². The molecule has 0 aliphatic carbocycles. The summed E-state index contributed by atoms with van der Waals surface area (Å²) in [5.74, 6) is -0.307. The van der Waals surface area contributed by atoms with Crippen molar-refractivity contribution in [1.29, 1.82) is 0 Å². The van der Waals surface area contributed by atoms with Crippen LogP contribution in [-0.4, -0.2) is 27.4 Å². The zero-order valence-electron chi connectivity index (χ0n) is 15.6. The van der Waals surface area contributed by atoms with Crippen molar-refractivity contribution in [2.45, 2.75) is 30.8 Å². The van der Waals surface area contributed by atoms with E-state index < -0.39 is 21.8 Å². The summed E-state index contributed by atoms with van der Waals surface area (Å²) in [6.45, 7) is 2.61. The lowest BCUT2D eigenvalue weighted by Gasteiger charge is -2.23. The Morgan fingerprint density at radius 1 is 1.03 bits per heavy atom. The summed E-state index contributed by atoms with van der Waals surface area (Å²) < 4.78 is 67.3. The second-order valence-corrected chi connectivity index (χ2v) is 8.42. The van der Waals surface area contributed by atoms with Gasteiger partial charge in [-0.3, -0.25) is 9.52 Å². The lowest BCUT2D eigenvalue weighted by atomic mass is 10.1. The summed E-state index contributed by atoms with van der Waals surface area (Å²) in [5, 5.41) is 2.52. The first kappa shape index (κ1) is 21.0. The predicted molar refractivity (Wildman–Crippen MR) is 104 cm³/mol. The second-order valence-electron chi connectivity index (χ2n) is 6.73. The Morgan fingerprint density at radius 2 is 1.66 bits per heavy atom. The lowest BCUT2D eigenvalue weighted by Crippen LogP contribution is -2.22. The van der Waals surface area contributed by atoms with Crippen molar-refractivity contribution in [3.63, 3.8) is 0 Å². The number of alkyl halides is 3. The van der Waals surface area contributed by atoms with Gasteiger partial charge in [-0.2, -0.15) is 13.2 Å². The third kappa shape index (κ3) is 5.00. The quantitative estimate of drug-likeness (QED) is 0.754. The van der Waals surface area contributed by atoms with Gasteiger partial charge in [0, 0.05) is 25.7 Å². The molecule has 0 atom stereocenters. The molecule has 2 aromatic carbocycles. The molecule has 0 saturated carbocycles. The molecule has 0 unspecified atom stereocenters. The van der Waals surface area contributed by atoms with E-state index in [1.54, 1.807) is 0 Å². The first-order chi connectivity index (χ1) is 13.6. The second kappa shape index (κ2) is 7.94. The SMILES string of the molecule is CC(=O)Nc1ccc(S(=O)(=O)Nc2cc(C(F)(F)F)ccc2N2CCCC2)cc1. The zero-order chi connectivity index (χ0) is 21.2. The van der Waals surface area contributed by atoms with Crippen molar-refractivity contribution in [3.8, 4) is 0 Å². The summed E-state index contributed by atoms with van der Waals surface area (Å²) in [4.78, 5) is 12.8. The lowest BCUT2D eigenvalue weighted by molar-refractivity contribution is -0.137. The van der Waals surface area contributed by atoms with E-state index in [-0.39, 0.29) is 16.5 Å². The molecule has 3 rings (SSSR count). The zero-order valence-corrected chi connectivity index (χ0v) is 16.4. The average Bonchev–Trinajstić information content (AvgIpc) is 3.15. The Kier molecular flexibility index (Phi) is 5.74. The van der Waals surface area contributed by atoms with Crippen LogP contribution in [0.25, 0.3) is 0 Å². The average molecular weight is 427 g/mol. The van der Waals surface area contributed by atoms with Gasteiger partial charge in [0.15, 0.2) is 0 Å². The van der Waals surface area contributed by atoms with E-state index in [9.17, 15) is 26.4 Å². The number of rotatable bonds is 5. The van der Waals surface area contributed by atoms with Crippen LogP contribution in [0, 0.1) is 0 Å². The van der Waals surface area contributed by atoms with Gasteiger partial charge < -0.3 is 10.2 Å². The highest BCUT2D eigenvalue weighted by Gasteiger charge is 2.32. The van der Waals surface area contributed by atoms with Crippen LogP contribution in [0.4, 0.5) is 30.2 Å². The molecule has 1 aliphatic heterocycles. The standard InChI is InChI=1S/C19H20F3N3O3S/c1-13(26)23-15-5-7-16(8-6-15)29(27,28)24-17-12-14(19(20,21)22)4-9-18(17)25-10-2-3-11-25/h4-9,12,24H,2-3,10-11H2,1H3,(H,23,26). The number of carbonyl (C=O) groups is 1. The molecule has 0 aromatic heterocycles. The van der Waals surface area contributed by atoms with Crippen LogP contribution in [0.3, 0.4) is 0 Å². The van der Waals surface area contributed by atoms with Crippen LogP contribution in [0.5, 0.6) is 0 Å². The van der Waals surface area contributed by atoms with E-state index in [2.05, 4.69) is 10.0 Å². The molecule has 1 aliphatic rings. The molecule has 1 heterocycles. The predicted octanol–water partition coefficient (Wildman–Crippen LogP) is 4.06. The Balaban J connectivity index is 1.94. The number of anilines is 3. The van der Waals surface area contributed by atoms with Crippen LogP contribution < -0.4 is 14.9 Å². The maximum Gasteiger partial charge on any atom is 0.416 e. The number of sulfonamides is 1. The number of nitrogens with one attached hydrogen (secondary N) is 2. The molecule has 0 spiro atoms. The fourth-order valence-corrected chi connectivity index (χ4v) is 4.22. The molecule has 0 radical (unpaired) electrons. The molecule has 156 valence electrons. The smallest absolute Gasteiger partial charge is 0.370 e. The van der Waals surface area contributed by atoms with Crippen molar-refractivity contribution in [1.82, 2.24) is 0 Å². The fourth-order valence-electron chi connectivity index (χ4n) is 3.15. The highest BCUT2D eigenvalue weighted by molar-refractivity contribution is 7.92. The van der Waals surface area contributed by atoms with Crippen molar-refractivity contribution >= 4 is 33.0 Å². The highest BCUT2D eigenvalue weighted by Crippen LogP contribution is 2.37. The number of nitrogens with zero attached hydrogens (tertiary/aromatic N) is 1. The molecule has 2 aromatic rings. The van der Waals surface area contributed by atoms with Crippen molar-refractivity contribution in [2.24, 2.45) is 0 Å². The van der Waals surface area contributed by atoms with Crippen molar-refractivity contribution in [3.05, 3.63) is 48.0 Å². The van der Waals surface area contributed by atoms with Gasteiger partial charge in [-0.1, -0.05) is 0 Å². The van der Waals surface area contributed by atoms with E-state index in [0.29, 0.717) is 24.5 Å². The molecule has 29 heavy (non-hydrogen) atoms. The molecule has 0 bridgehead atoms. The van der Waals surface area contributed by atoms with E-state index in [0.717, 1.165) is 25.0 Å². The van der Waals surface area contributed by atoms with Crippen LogP contribution in [-0.2, 0) is 21.0 Å². The molecular weight excluding hydrogens is 407 g/mol. The van der Waals surface area contributed by atoms with E-state index >= 15 is 0 Å². The first-order valence-electron chi connectivity index (χ1n) is 8.93. The fraction of sp³-hybridized carbons (Fsp3) is 0.316. The maximum atomic E-state index is 13.2. The Morgan fingerprint density at radius 3 is 2.21 bits per heavy atom. The van der Waals surface area contributed by atoms with Crippen LogP contribution in [0.15, 0.2) is 47.4 Å². The van der Waals surface area contributed by atoms with Gasteiger partial charge in [0.1, 0.15) is 0 Å². The Labute approximate surface area is 166 Å². The summed E-state index contributed by atoms with van der Waals surface area (Å²) in [5.41, 5.74) is -0.228. The normalized spacial score (nSPS) is 14.7. The number of halogens is 3. The van der Waals surface area contributed by atoms with Gasteiger partial charge in [0.2, 0.25) is 5.91 Å². The molecule has 1 fully saturated rings. The minimum absolute atomic E-state index is 0.118. The van der Waals surface area contributed by atoms with Crippen molar-refractivity contribution < 1.29 is 26.4 Å². The Bertz CT molecular complexity index is 1000. The molecule has 10 heteroatoms. The minimum Gasteiger partial charge on any atom is -0.370 e. The molecule has 1 saturated heterocycles. The molecule has 1 amide bonds. The van der Waals surface area contributed by atoms with E-state index in [4.69, 9.17) is 0 Å². The van der Waals surface area contributed by atoms with Crippen LogP contribution in [0.2, 0.25) is 0 Å². The number of hydrogen-bond acceptors (Lipinski definition) is 4. The van der Waals surface area contributed by atoms with Gasteiger partial charge in [-0.25, -0.2) is 8.42 Å². The van der Waals surface area contributed by atoms with Crippen LogP contribution >= 0.6 is 0 Å². The number of benzene rings is 2. The Hall–Kier alpha value is -2.75. The summed E-state index contributed by atoms with van der Waals surface area (Å²) in [6.07, 6.45) is -2.82. The third-order valence-corrected chi connectivity index (χ3v) is 5.88. The summed E-state index contributed by atoms with van der Waals surface area (Å²) in [7, 11) is -4.13. The van der Waals surface area contributed by atoms with Gasteiger partial charge in [0.25, 0.3) is 10.0 Å². The van der Waals surface area contributed by atoms with Gasteiger partial charge >= 0.3 is 6.18 Å². The summed E-state index contributed by atoms with van der Waals surface area (Å²) >= 11 is 0. The van der Waals surface area contributed by atoms with E-state index in [1.807, 2.05) is 4.90 Å². The number of amides is 1. The number of carbonyl (C=O) groups excluding carboxylic acids is 1. The maximum absolute atomic E-state index is 13.2. The largest absolute Gasteiger partial charge is 0.416 e. The van der Waals surface area contributed by atoms with Gasteiger partial charge in [-0.05, 0) is 55.3 Å². The van der Waals surface area contributed by atoms with Gasteiger partial charge in [-0.15, -0.1) is 0 Å².